The average Bonchev–Trinajstić information content (AvgIpc) is 2.86. The molecule has 0 heterocycles. The van der Waals surface area contributed by atoms with Crippen LogP contribution in [0.1, 0.15) is 17.3 Å². The quantitative estimate of drug-likeness (QED) is 0.506. The number of carbonyl (C=O) groups is 1. The molecule has 1 aliphatic carbocycles. The second kappa shape index (κ2) is 4.45. The number of hydrogen-bond acceptors (Lipinski definition) is 2. The van der Waals surface area contributed by atoms with Gasteiger partial charge in [0.15, 0.2) is 6.29 Å². The molecular formula is C19H14O2. The summed E-state index contributed by atoms with van der Waals surface area (Å²) in [6.45, 7) is 2.49. The Morgan fingerprint density at radius 3 is 2.38 bits per heavy atom. The van der Waals surface area contributed by atoms with Crippen LogP contribution >= 0.6 is 0 Å². The number of aldehydes is 1. The molecule has 0 fully saturated rings. The van der Waals surface area contributed by atoms with Crippen molar-refractivity contribution in [3.8, 4) is 28.0 Å². The fourth-order valence-electron chi connectivity index (χ4n) is 3.26. The lowest BCUT2D eigenvalue weighted by atomic mass is 9.99. The Labute approximate surface area is 123 Å². The third-order valence-corrected chi connectivity index (χ3v) is 4.06. The van der Waals surface area contributed by atoms with Crippen LogP contribution in [0.2, 0.25) is 0 Å². The zero-order valence-corrected chi connectivity index (χ0v) is 11.7. The van der Waals surface area contributed by atoms with Crippen LogP contribution < -0.4 is 4.74 Å². The third kappa shape index (κ3) is 1.56. The molecule has 0 saturated carbocycles. The minimum Gasteiger partial charge on any atom is -0.492 e. The Balaban J connectivity index is 2.18. The number of fused-ring (bicyclic) bond motifs is 3. The summed E-state index contributed by atoms with van der Waals surface area (Å²) in [6.07, 6.45) is 0.883. The van der Waals surface area contributed by atoms with Gasteiger partial charge in [0.1, 0.15) is 5.75 Å². The molecule has 3 aromatic carbocycles. The fraction of sp³-hybridized carbons (Fsp3) is 0.105. The maximum atomic E-state index is 11.5. The largest absolute Gasteiger partial charge is 0.492 e. The standard InChI is InChI=1S/C19H14O2/c1-2-21-19-12(11-20)10-17-14-7-4-3-6-13(14)15-8-5-9-16(19)18(15)17/h3-11H,2H2,1H3. The van der Waals surface area contributed by atoms with E-state index in [-0.39, 0.29) is 0 Å². The lowest BCUT2D eigenvalue weighted by molar-refractivity contribution is 0.112. The molecule has 2 nitrogen and oxygen atoms in total. The van der Waals surface area contributed by atoms with Gasteiger partial charge >= 0.3 is 0 Å². The molecule has 3 aromatic rings. The zero-order chi connectivity index (χ0) is 14.4. The van der Waals surface area contributed by atoms with E-state index in [4.69, 9.17) is 4.74 Å². The number of benzene rings is 3. The summed E-state index contributed by atoms with van der Waals surface area (Å²) in [7, 11) is 0. The Morgan fingerprint density at radius 1 is 0.952 bits per heavy atom. The molecule has 0 saturated heterocycles. The first-order chi connectivity index (χ1) is 10.3. The van der Waals surface area contributed by atoms with Crippen molar-refractivity contribution in [2.24, 2.45) is 0 Å². The molecule has 4 rings (SSSR count). The Hall–Kier alpha value is -2.61. The van der Waals surface area contributed by atoms with Gasteiger partial charge in [0, 0.05) is 10.8 Å². The molecule has 0 radical (unpaired) electrons. The molecule has 0 bridgehead atoms. The molecule has 102 valence electrons. The lowest BCUT2D eigenvalue weighted by Gasteiger charge is -2.12. The van der Waals surface area contributed by atoms with E-state index in [2.05, 4.69) is 18.2 Å². The Morgan fingerprint density at radius 2 is 1.67 bits per heavy atom. The second-order valence-electron chi connectivity index (χ2n) is 5.17. The Kier molecular flexibility index (Phi) is 2.58. The number of rotatable bonds is 3. The van der Waals surface area contributed by atoms with Gasteiger partial charge in [0.05, 0.1) is 12.2 Å². The van der Waals surface area contributed by atoms with Crippen molar-refractivity contribution in [3.63, 3.8) is 0 Å². The summed E-state index contributed by atoms with van der Waals surface area (Å²) in [5.74, 6) is 0.695. The summed E-state index contributed by atoms with van der Waals surface area (Å²) in [6, 6.07) is 16.5. The van der Waals surface area contributed by atoms with Gasteiger partial charge in [0.2, 0.25) is 0 Å². The number of carbonyl (C=O) groups excluding carboxylic acids is 1. The molecule has 0 aromatic heterocycles. The SMILES string of the molecule is CCOc1c(C=O)cc2c3c(cccc13)-c1ccccc1-2. The summed E-state index contributed by atoms with van der Waals surface area (Å²) in [4.78, 5) is 11.5. The highest BCUT2D eigenvalue weighted by Crippen LogP contribution is 2.49. The Bertz CT molecular complexity index is 878. The number of hydrogen-bond donors (Lipinski definition) is 0. The van der Waals surface area contributed by atoms with Gasteiger partial charge in [-0.25, -0.2) is 0 Å². The van der Waals surface area contributed by atoms with Crippen molar-refractivity contribution >= 4 is 17.1 Å². The molecule has 0 atom stereocenters. The van der Waals surface area contributed by atoms with Gasteiger partial charge in [-0.05, 0) is 35.2 Å². The van der Waals surface area contributed by atoms with Gasteiger partial charge in [-0.15, -0.1) is 0 Å². The summed E-state index contributed by atoms with van der Waals surface area (Å²) in [5, 5.41) is 2.21. The molecule has 0 spiro atoms. The van der Waals surface area contributed by atoms with Gasteiger partial charge < -0.3 is 4.74 Å². The van der Waals surface area contributed by atoms with Crippen molar-refractivity contribution in [3.05, 3.63) is 54.1 Å². The van der Waals surface area contributed by atoms with E-state index in [0.29, 0.717) is 17.9 Å². The second-order valence-corrected chi connectivity index (χ2v) is 5.17. The third-order valence-electron chi connectivity index (χ3n) is 4.06. The summed E-state index contributed by atoms with van der Waals surface area (Å²) >= 11 is 0. The lowest BCUT2D eigenvalue weighted by Crippen LogP contribution is -1.97. The van der Waals surface area contributed by atoms with Crippen LogP contribution in [-0.2, 0) is 0 Å². The van der Waals surface area contributed by atoms with E-state index in [1.165, 1.54) is 22.1 Å². The van der Waals surface area contributed by atoms with Crippen molar-refractivity contribution in [1.82, 2.24) is 0 Å². The van der Waals surface area contributed by atoms with E-state index in [9.17, 15) is 4.79 Å². The van der Waals surface area contributed by atoms with Gasteiger partial charge in [-0.1, -0.05) is 42.5 Å². The average molecular weight is 274 g/mol. The van der Waals surface area contributed by atoms with Crippen LogP contribution in [0, 0.1) is 0 Å². The molecule has 0 unspecified atom stereocenters. The van der Waals surface area contributed by atoms with E-state index in [1.54, 1.807) is 0 Å². The summed E-state index contributed by atoms with van der Waals surface area (Å²) < 4.78 is 5.75. The topological polar surface area (TPSA) is 26.3 Å². The molecule has 0 N–H and O–H groups in total. The first-order valence-corrected chi connectivity index (χ1v) is 7.12. The molecule has 0 aliphatic heterocycles. The van der Waals surface area contributed by atoms with E-state index < -0.39 is 0 Å². The molecule has 21 heavy (non-hydrogen) atoms. The predicted octanol–water partition coefficient (Wildman–Crippen LogP) is 4.70. The van der Waals surface area contributed by atoms with Crippen molar-refractivity contribution in [2.45, 2.75) is 6.92 Å². The molecule has 0 amide bonds. The first-order valence-electron chi connectivity index (χ1n) is 7.12. The number of ether oxygens (including phenoxy) is 1. The van der Waals surface area contributed by atoms with Gasteiger partial charge in [-0.2, -0.15) is 0 Å². The van der Waals surface area contributed by atoms with Gasteiger partial charge in [0.25, 0.3) is 0 Å². The highest BCUT2D eigenvalue weighted by Gasteiger charge is 2.24. The van der Waals surface area contributed by atoms with Crippen LogP contribution in [-0.4, -0.2) is 12.9 Å². The van der Waals surface area contributed by atoms with Gasteiger partial charge in [-0.3, -0.25) is 4.79 Å². The highest BCUT2D eigenvalue weighted by molar-refractivity contribution is 6.18. The first kappa shape index (κ1) is 12.2. The van der Waals surface area contributed by atoms with Crippen LogP contribution in [0.5, 0.6) is 5.75 Å². The maximum absolute atomic E-state index is 11.5. The van der Waals surface area contributed by atoms with E-state index >= 15 is 0 Å². The normalized spacial score (nSPS) is 11.5. The van der Waals surface area contributed by atoms with Crippen molar-refractivity contribution < 1.29 is 9.53 Å². The highest BCUT2D eigenvalue weighted by atomic mass is 16.5. The predicted molar refractivity (Wildman–Crippen MR) is 84.9 cm³/mol. The summed E-state index contributed by atoms with van der Waals surface area (Å²) in [5.41, 5.74) is 5.38. The monoisotopic (exact) mass is 274 g/mol. The zero-order valence-electron chi connectivity index (χ0n) is 11.7. The maximum Gasteiger partial charge on any atom is 0.153 e. The molecular weight excluding hydrogens is 260 g/mol. The van der Waals surface area contributed by atoms with Crippen LogP contribution in [0.25, 0.3) is 33.0 Å². The van der Waals surface area contributed by atoms with Crippen molar-refractivity contribution in [1.29, 1.82) is 0 Å². The van der Waals surface area contributed by atoms with Crippen LogP contribution in [0.15, 0.2) is 48.5 Å². The van der Waals surface area contributed by atoms with Crippen LogP contribution in [0.3, 0.4) is 0 Å². The van der Waals surface area contributed by atoms with Crippen LogP contribution in [0.4, 0.5) is 0 Å². The van der Waals surface area contributed by atoms with E-state index in [0.717, 1.165) is 17.2 Å². The molecule has 2 heteroatoms. The minimum absolute atomic E-state index is 0.548. The van der Waals surface area contributed by atoms with Crippen molar-refractivity contribution in [2.75, 3.05) is 6.61 Å². The molecule has 1 aliphatic rings. The minimum atomic E-state index is 0.548. The van der Waals surface area contributed by atoms with E-state index in [1.807, 2.05) is 37.3 Å². The fourth-order valence-corrected chi connectivity index (χ4v) is 3.26. The smallest absolute Gasteiger partial charge is 0.153 e.